The summed E-state index contributed by atoms with van der Waals surface area (Å²) in [6.45, 7) is 0.309. The van der Waals surface area contributed by atoms with E-state index in [1.165, 1.54) is 10.4 Å². The smallest absolute Gasteiger partial charge is 0.244 e. The average Bonchev–Trinajstić information content (AvgIpc) is 2.38. The third-order valence-corrected chi connectivity index (χ3v) is 5.53. The van der Waals surface area contributed by atoms with Crippen LogP contribution in [0.2, 0.25) is 0 Å². The summed E-state index contributed by atoms with van der Waals surface area (Å²) < 4.78 is 44.2. The van der Waals surface area contributed by atoms with Crippen LogP contribution in [0.5, 0.6) is 0 Å². The van der Waals surface area contributed by atoms with Crippen molar-refractivity contribution in [3.63, 3.8) is 0 Å². The summed E-state index contributed by atoms with van der Waals surface area (Å²) in [7, 11) is -3.76. The largest absolute Gasteiger partial charge is 0.361 e. The number of halogens is 2. The normalized spacial score (nSPS) is 21.0. The molecule has 1 aromatic rings. The molecular formula is C11H10BrFN2O3S. The van der Waals surface area contributed by atoms with Gasteiger partial charge in [0.05, 0.1) is 24.1 Å². The summed E-state index contributed by atoms with van der Waals surface area (Å²) in [5.41, 5.74) is 0. The highest BCUT2D eigenvalue weighted by Gasteiger charge is 2.32. The summed E-state index contributed by atoms with van der Waals surface area (Å²) in [5.74, 6) is -0.525. The molecule has 19 heavy (non-hydrogen) atoms. The Morgan fingerprint density at radius 2 is 2.26 bits per heavy atom. The molecule has 102 valence electrons. The van der Waals surface area contributed by atoms with Crippen LogP contribution in [0.15, 0.2) is 27.6 Å². The van der Waals surface area contributed by atoms with E-state index in [2.05, 4.69) is 15.9 Å². The number of rotatable bonds is 2. The third-order valence-electron chi connectivity index (χ3n) is 2.68. The van der Waals surface area contributed by atoms with Crippen LogP contribution < -0.4 is 0 Å². The molecule has 0 bridgehead atoms. The van der Waals surface area contributed by atoms with Crippen LogP contribution in [0.1, 0.15) is 0 Å². The molecule has 0 radical (unpaired) electrons. The average molecular weight is 349 g/mol. The number of sulfonamides is 1. The van der Waals surface area contributed by atoms with E-state index in [4.69, 9.17) is 10.00 Å². The number of morpholine rings is 1. The van der Waals surface area contributed by atoms with E-state index in [1.807, 2.05) is 6.07 Å². The Balaban J connectivity index is 2.34. The van der Waals surface area contributed by atoms with Gasteiger partial charge in [-0.1, -0.05) is 0 Å². The molecule has 2 rings (SSSR count). The van der Waals surface area contributed by atoms with Crippen LogP contribution in [0.3, 0.4) is 0 Å². The van der Waals surface area contributed by atoms with Gasteiger partial charge in [0.15, 0.2) is 6.10 Å². The van der Waals surface area contributed by atoms with Crippen molar-refractivity contribution in [3.8, 4) is 6.07 Å². The van der Waals surface area contributed by atoms with Crippen molar-refractivity contribution in [1.29, 1.82) is 5.26 Å². The first-order valence-electron chi connectivity index (χ1n) is 5.41. The van der Waals surface area contributed by atoms with Crippen LogP contribution in [-0.2, 0) is 14.8 Å². The molecule has 8 heteroatoms. The first kappa shape index (κ1) is 14.4. The predicted octanol–water partition coefficient (Wildman–Crippen LogP) is 1.50. The monoisotopic (exact) mass is 348 g/mol. The van der Waals surface area contributed by atoms with Gasteiger partial charge in [-0.05, 0) is 34.1 Å². The fourth-order valence-corrected chi connectivity index (χ4v) is 4.18. The van der Waals surface area contributed by atoms with Crippen molar-refractivity contribution in [1.82, 2.24) is 4.31 Å². The number of ether oxygens (including phenoxy) is 1. The number of nitrogens with zero attached hydrogens (tertiary/aromatic N) is 2. The molecule has 0 aliphatic carbocycles. The number of hydrogen-bond acceptors (Lipinski definition) is 4. The van der Waals surface area contributed by atoms with Gasteiger partial charge in [0.1, 0.15) is 5.82 Å². The summed E-state index contributed by atoms with van der Waals surface area (Å²) in [5, 5.41) is 8.78. The molecule has 1 aromatic carbocycles. The lowest BCUT2D eigenvalue weighted by molar-refractivity contribution is 0.0311. The summed E-state index contributed by atoms with van der Waals surface area (Å²) in [4.78, 5) is -0.0208. The zero-order valence-electron chi connectivity index (χ0n) is 9.71. The highest BCUT2D eigenvalue weighted by atomic mass is 79.9. The Bertz CT molecular complexity index is 629. The van der Waals surface area contributed by atoms with Gasteiger partial charge in [-0.3, -0.25) is 0 Å². The minimum absolute atomic E-state index is 0.0208. The molecule has 0 saturated carbocycles. The molecule has 1 aliphatic rings. The molecule has 1 atom stereocenters. The highest BCUT2D eigenvalue weighted by molar-refractivity contribution is 9.10. The molecule has 5 nitrogen and oxygen atoms in total. The van der Waals surface area contributed by atoms with Crippen LogP contribution in [-0.4, -0.2) is 38.5 Å². The van der Waals surface area contributed by atoms with Crippen molar-refractivity contribution in [3.05, 3.63) is 28.5 Å². The van der Waals surface area contributed by atoms with Gasteiger partial charge in [-0.25, -0.2) is 12.8 Å². The maximum atomic E-state index is 13.0. The predicted molar refractivity (Wildman–Crippen MR) is 68.2 cm³/mol. The molecule has 0 N–H and O–H groups in total. The molecule has 0 amide bonds. The van der Waals surface area contributed by atoms with Gasteiger partial charge < -0.3 is 4.74 Å². The van der Waals surface area contributed by atoms with Crippen LogP contribution in [0, 0.1) is 17.1 Å². The second kappa shape index (κ2) is 5.54. The molecule has 1 unspecified atom stereocenters. The lowest BCUT2D eigenvalue weighted by atomic mass is 10.3. The Hall–Kier alpha value is -1.01. The molecule has 1 heterocycles. The van der Waals surface area contributed by atoms with E-state index in [1.54, 1.807) is 0 Å². The van der Waals surface area contributed by atoms with E-state index in [9.17, 15) is 12.8 Å². The lowest BCUT2D eigenvalue weighted by Crippen LogP contribution is -2.45. The quantitative estimate of drug-likeness (QED) is 0.811. The van der Waals surface area contributed by atoms with Gasteiger partial charge >= 0.3 is 0 Å². The first-order chi connectivity index (χ1) is 8.95. The molecule has 1 saturated heterocycles. The van der Waals surface area contributed by atoms with Crippen molar-refractivity contribution >= 4 is 26.0 Å². The minimum Gasteiger partial charge on any atom is -0.361 e. The number of hydrogen-bond donors (Lipinski definition) is 0. The third kappa shape index (κ3) is 2.95. The molecule has 1 aliphatic heterocycles. The minimum atomic E-state index is -3.76. The molecular weight excluding hydrogens is 339 g/mol. The van der Waals surface area contributed by atoms with Gasteiger partial charge in [-0.15, -0.1) is 0 Å². The number of nitriles is 1. The Labute approximate surface area is 118 Å². The highest BCUT2D eigenvalue weighted by Crippen LogP contribution is 2.26. The standard InChI is InChI=1S/C11H10BrFN2O3S/c12-10-5-8(13)1-2-11(10)19(16,17)15-3-4-18-9(6-14)7-15/h1-2,5,9H,3-4,7H2. The van der Waals surface area contributed by atoms with Crippen LogP contribution in [0.25, 0.3) is 0 Å². The van der Waals surface area contributed by atoms with Gasteiger partial charge in [0, 0.05) is 11.0 Å². The van der Waals surface area contributed by atoms with Crippen LogP contribution >= 0.6 is 15.9 Å². The molecule has 0 aromatic heterocycles. The fourth-order valence-electron chi connectivity index (χ4n) is 1.75. The van der Waals surface area contributed by atoms with Gasteiger partial charge in [-0.2, -0.15) is 9.57 Å². The maximum absolute atomic E-state index is 13.0. The molecule has 1 fully saturated rings. The Morgan fingerprint density at radius 1 is 1.53 bits per heavy atom. The first-order valence-corrected chi connectivity index (χ1v) is 7.65. The Kier molecular flexibility index (Phi) is 4.20. The van der Waals surface area contributed by atoms with Gasteiger partial charge in [0.2, 0.25) is 10.0 Å². The van der Waals surface area contributed by atoms with E-state index in [0.29, 0.717) is 0 Å². The second-order valence-electron chi connectivity index (χ2n) is 3.93. The SMILES string of the molecule is N#CC1CN(S(=O)(=O)c2ccc(F)cc2Br)CCO1. The maximum Gasteiger partial charge on any atom is 0.244 e. The van der Waals surface area contributed by atoms with Crippen molar-refractivity contribution < 1.29 is 17.5 Å². The van der Waals surface area contributed by atoms with Crippen LogP contribution in [0.4, 0.5) is 4.39 Å². The summed E-state index contributed by atoms with van der Waals surface area (Å²) in [6.07, 6.45) is -0.775. The van der Waals surface area contributed by atoms with Crippen molar-refractivity contribution in [2.24, 2.45) is 0 Å². The molecule has 0 spiro atoms. The fraction of sp³-hybridized carbons (Fsp3) is 0.364. The second-order valence-corrected chi connectivity index (χ2v) is 6.69. The van der Waals surface area contributed by atoms with E-state index < -0.39 is 21.9 Å². The summed E-state index contributed by atoms with van der Waals surface area (Å²) in [6, 6.07) is 5.26. The lowest BCUT2D eigenvalue weighted by Gasteiger charge is -2.29. The van der Waals surface area contributed by atoms with E-state index in [0.717, 1.165) is 12.1 Å². The zero-order valence-corrected chi connectivity index (χ0v) is 12.1. The Morgan fingerprint density at radius 3 is 2.89 bits per heavy atom. The van der Waals surface area contributed by atoms with Crippen molar-refractivity contribution in [2.45, 2.75) is 11.0 Å². The van der Waals surface area contributed by atoms with E-state index >= 15 is 0 Å². The summed E-state index contributed by atoms with van der Waals surface area (Å²) >= 11 is 3.04. The van der Waals surface area contributed by atoms with Crippen molar-refractivity contribution in [2.75, 3.05) is 19.7 Å². The zero-order chi connectivity index (χ0) is 14.0. The van der Waals surface area contributed by atoms with E-state index in [-0.39, 0.29) is 29.1 Å². The van der Waals surface area contributed by atoms with Gasteiger partial charge in [0.25, 0.3) is 0 Å². The number of benzene rings is 1. The topological polar surface area (TPSA) is 70.4 Å².